The molecule has 0 aliphatic rings. The normalized spacial score (nSPS) is 10.4. The van der Waals surface area contributed by atoms with Crippen molar-refractivity contribution in [2.24, 2.45) is 0 Å². The Balaban J connectivity index is 1.59. The fourth-order valence-electron chi connectivity index (χ4n) is 2.84. The van der Waals surface area contributed by atoms with Crippen molar-refractivity contribution in [3.8, 4) is 0 Å². The van der Waals surface area contributed by atoms with E-state index in [0.717, 1.165) is 5.56 Å². The summed E-state index contributed by atoms with van der Waals surface area (Å²) >= 11 is 0. The summed E-state index contributed by atoms with van der Waals surface area (Å²) < 4.78 is 13.7. The monoisotopic (exact) mass is 363 g/mol. The Morgan fingerprint density at radius 1 is 1.07 bits per heavy atom. The topological polar surface area (TPSA) is 45.2 Å². The zero-order valence-electron chi connectivity index (χ0n) is 15.2. The van der Waals surface area contributed by atoms with Gasteiger partial charge in [0.05, 0.1) is 0 Å². The third-order valence-electron chi connectivity index (χ3n) is 4.27. The number of hydrogen-bond donors (Lipinski definition) is 1. The highest BCUT2D eigenvalue weighted by Gasteiger charge is 2.13. The van der Waals surface area contributed by atoms with Gasteiger partial charge in [0.25, 0.3) is 5.91 Å². The molecule has 0 aliphatic heterocycles. The Labute approximate surface area is 158 Å². The molecule has 1 amide bonds. The Morgan fingerprint density at radius 2 is 1.81 bits per heavy atom. The standard InChI is InChI=1S/C22H22FN3O/c1-26(16-17-7-3-2-4-8-17)22(27)19-12-14-25-21(15-19)24-13-11-18-9-5-6-10-20(18)23/h2-10,12,14-15H,11,13,16H2,1H3,(H,24,25). The number of hydrogen-bond acceptors (Lipinski definition) is 3. The summed E-state index contributed by atoms with van der Waals surface area (Å²) in [5, 5.41) is 3.16. The van der Waals surface area contributed by atoms with E-state index >= 15 is 0 Å². The van der Waals surface area contributed by atoms with Gasteiger partial charge in [0.15, 0.2) is 0 Å². The first-order chi connectivity index (χ1) is 13.1. The number of benzene rings is 2. The molecule has 0 saturated heterocycles. The summed E-state index contributed by atoms with van der Waals surface area (Å²) in [4.78, 5) is 18.6. The van der Waals surface area contributed by atoms with Gasteiger partial charge in [0.2, 0.25) is 0 Å². The van der Waals surface area contributed by atoms with Crippen LogP contribution in [0.4, 0.5) is 10.2 Å². The van der Waals surface area contributed by atoms with Gasteiger partial charge in [-0.2, -0.15) is 0 Å². The Hall–Kier alpha value is -3.21. The molecule has 3 aromatic rings. The summed E-state index contributed by atoms with van der Waals surface area (Å²) in [5.74, 6) is 0.322. The van der Waals surface area contributed by atoms with Gasteiger partial charge in [0.1, 0.15) is 11.6 Å². The zero-order chi connectivity index (χ0) is 19.1. The molecule has 1 aromatic heterocycles. The number of pyridine rings is 1. The number of nitrogens with zero attached hydrogens (tertiary/aromatic N) is 2. The zero-order valence-corrected chi connectivity index (χ0v) is 15.2. The first kappa shape index (κ1) is 18.6. The second kappa shape index (κ2) is 8.94. The van der Waals surface area contributed by atoms with Crippen molar-refractivity contribution in [2.45, 2.75) is 13.0 Å². The van der Waals surface area contributed by atoms with E-state index in [9.17, 15) is 9.18 Å². The fraction of sp³-hybridized carbons (Fsp3) is 0.182. The van der Waals surface area contributed by atoms with Gasteiger partial charge in [-0.05, 0) is 35.7 Å². The lowest BCUT2D eigenvalue weighted by Crippen LogP contribution is -2.26. The summed E-state index contributed by atoms with van der Waals surface area (Å²) in [5.41, 5.74) is 2.29. The quantitative estimate of drug-likeness (QED) is 0.686. The number of carbonyl (C=O) groups is 1. The van der Waals surface area contributed by atoms with Crippen LogP contribution < -0.4 is 5.32 Å². The first-order valence-corrected chi connectivity index (χ1v) is 8.86. The fourth-order valence-corrected chi connectivity index (χ4v) is 2.84. The van der Waals surface area contributed by atoms with Crippen LogP contribution in [0.5, 0.6) is 0 Å². The molecule has 0 fully saturated rings. The molecule has 3 rings (SSSR count). The number of nitrogens with one attached hydrogen (secondary N) is 1. The van der Waals surface area contributed by atoms with Crippen LogP contribution in [0.25, 0.3) is 0 Å². The van der Waals surface area contributed by atoms with Gasteiger partial charge in [-0.25, -0.2) is 9.37 Å². The third-order valence-corrected chi connectivity index (χ3v) is 4.27. The van der Waals surface area contributed by atoms with E-state index < -0.39 is 0 Å². The lowest BCUT2D eigenvalue weighted by molar-refractivity contribution is 0.0785. The Kier molecular flexibility index (Phi) is 6.15. The second-order valence-electron chi connectivity index (χ2n) is 6.34. The minimum absolute atomic E-state index is 0.0709. The molecule has 0 radical (unpaired) electrons. The van der Waals surface area contributed by atoms with Crippen molar-refractivity contribution in [3.63, 3.8) is 0 Å². The number of carbonyl (C=O) groups excluding carboxylic acids is 1. The molecule has 0 saturated carbocycles. The summed E-state index contributed by atoms with van der Waals surface area (Å²) in [7, 11) is 1.78. The molecule has 0 atom stereocenters. The average Bonchev–Trinajstić information content (AvgIpc) is 2.70. The average molecular weight is 363 g/mol. The molecule has 0 bridgehead atoms. The number of halogens is 1. The van der Waals surface area contributed by atoms with E-state index in [2.05, 4.69) is 10.3 Å². The van der Waals surface area contributed by atoms with Gasteiger partial charge in [-0.1, -0.05) is 48.5 Å². The van der Waals surface area contributed by atoms with Gasteiger partial charge >= 0.3 is 0 Å². The predicted octanol–water partition coefficient (Wildman–Crippen LogP) is 4.15. The molecule has 0 unspecified atom stereocenters. The van der Waals surface area contributed by atoms with Crippen molar-refractivity contribution < 1.29 is 9.18 Å². The van der Waals surface area contributed by atoms with Gasteiger partial charge < -0.3 is 10.2 Å². The maximum absolute atomic E-state index is 13.7. The molecule has 0 aliphatic carbocycles. The third kappa shape index (κ3) is 5.14. The van der Waals surface area contributed by atoms with Gasteiger partial charge in [-0.3, -0.25) is 4.79 Å². The predicted molar refractivity (Wildman–Crippen MR) is 105 cm³/mol. The van der Waals surface area contributed by atoms with E-state index in [4.69, 9.17) is 0 Å². The minimum atomic E-state index is -0.210. The Morgan fingerprint density at radius 3 is 2.59 bits per heavy atom. The highest BCUT2D eigenvalue weighted by molar-refractivity contribution is 5.94. The molecular formula is C22H22FN3O. The Bertz CT molecular complexity index is 899. The summed E-state index contributed by atoms with van der Waals surface area (Å²) in [6.45, 7) is 1.07. The van der Waals surface area contributed by atoms with Crippen LogP contribution in [0, 0.1) is 5.82 Å². The van der Waals surface area contributed by atoms with Gasteiger partial charge in [0, 0.05) is 31.9 Å². The molecule has 4 nitrogen and oxygen atoms in total. The van der Waals surface area contributed by atoms with E-state index in [0.29, 0.717) is 36.5 Å². The maximum Gasteiger partial charge on any atom is 0.254 e. The van der Waals surface area contributed by atoms with Crippen molar-refractivity contribution in [2.75, 3.05) is 18.9 Å². The van der Waals surface area contributed by atoms with E-state index in [-0.39, 0.29) is 11.7 Å². The van der Waals surface area contributed by atoms with Crippen LogP contribution in [0.15, 0.2) is 72.9 Å². The van der Waals surface area contributed by atoms with Crippen molar-refractivity contribution >= 4 is 11.7 Å². The van der Waals surface area contributed by atoms with Crippen LogP contribution in [0.2, 0.25) is 0 Å². The molecule has 138 valence electrons. The maximum atomic E-state index is 13.7. The molecule has 1 N–H and O–H groups in total. The molecule has 5 heteroatoms. The van der Waals surface area contributed by atoms with E-state index in [1.807, 2.05) is 36.4 Å². The van der Waals surface area contributed by atoms with Crippen molar-refractivity contribution in [3.05, 3.63) is 95.4 Å². The number of aromatic nitrogens is 1. The largest absolute Gasteiger partial charge is 0.370 e. The number of rotatable bonds is 7. The molecule has 2 aromatic carbocycles. The van der Waals surface area contributed by atoms with Crippen LogP contribution in [0.1, 0.15) is 21.5 Å². The van der Waals surface area contributed by atoms with Crippen LogP contribution in [0.3, 0.4) is 0 Å². The second-order valence-corrected chi connectivity index (χ2v) is 6.34. The number of amides is 1. The van der Waals surface area contributed by atoms with E-state index in [1.54, 1.807) is 42.4 Å². The molecule has 1 heterocycles. The van der Waals surface area contributed by atoms with Crippen molar-refractivity contribution in [1.29, 1.82) is 0 Å². The highest BCUT2D eigenvalue weighted by Crippen LogP contribution is 2.12. The van der Waals surface area contributed by atoms with E-state index in [1.165, 1.54) is 6.07 Å². The number of anilines is 1. The molecule has 27 heavy (non-hydrogen) atoms. The molecular weight excluding hydrogens is 341 g/mol. The molecule has 0 spiro atoms. The first-order valence-electron chi connectivity index (χ1n) is 8.86. The highest BCUT2D eigenvalue weighted by atomic mass is 19.1. The summed E-state index contributed by atoms with van der Waals surface area (Å²) in [6.07, 6.45) is 2.15. The minimum Gasteiger partial charge on any atom is -0.370 e. The lowest BCUT2D eigenvalue weighted by Gasteiger charge is -2.17. The smallest absolute Gasteiger partial charge is 0.254 e. The SMILES string of the molecule is CN(Cc1ccccc1)C(=O)c1ccnc(NCCc2ccccc2F)c1. The summed E-state index contributed by atoms with van der Waals surface area (Å²) in [6, 6.07) is 20.0. The van der Waals surface area contributed by atoms with Crippen LogP contribution in [-0.4, -0.2) is 29.4 Å². The van der Waals surface area contributed by atoms with Gasteiger partial charge in [-0.15, -0.1) is 0 Å². The van der Waals surface area contributed by atoms with Crippen LogP contribution >= 0.6 is 0 Å². The van der Waals surface area contributed by atoms with Crippen molar-refractivity contribution in [1.82, 2.24) is 9.88 Å². The van der Waals surface area contributed by atoms with Crippen LogP contribution in [-0.2, 0) is 13.0 Å². The lowest BCUT2D eigenvalue weighted by atomic mass is 10.1.